The molecule has 0 saturated carbocycles. The van der Waals surface area contributed by atoms with Crippen molar-refractivity contribution in [2.75, 3.05) is 0 Å². The molecule has 0 unspecified atom stereocenters. The van der Waals surface area contributed by atoms with Gasteiger partial charge in [0.15, 0.2) is 5.84 Å². The van der Waals surface area contributed by atoms with E-state index < -0.39 is 17.2 Å². The Morgan fingerprint density at radius 2 is 1.68 bits per heavy atom. The predicted octanol–water partition coefficient (Wildman–Crippen LogP) is 1.67. The second-order valence-corrected chi connectivity index (χ2v) is 6.14. The summed E-state index contributed by atoms with van der Waals surface area (Å²) in [4.78, 5) is 41.7. The van der Waals surface area contributed by atoms with Crippen molar-refractivity contribution >= 4 is 23.4 Å². The molecule has 142 valence electrons. The molecule has 1 aromatic heterocycles. The molecule has 1 heterocycles. The van der Waals surface area contributed by atoms with Crippen LogP contribution < -0.4 is 17.0 Å². The first kappa shape index (κ1) is 19.1. The lowest BCUT2D eigenvalue weighted by molar-refractivity contribution is 0.0516. The Labute approximate surface area is 164 Å². The van der Waals surface area contributed by atoms with Gasteiger partial charge in [0.05, 0.1) is 16.3 Å². The number of carbonyl (C=O) groups excluding carboxylic acids is 1. The van der Waals surface area contributed by atoms with E-state index in [1.54, 1.807) is 42.5 Å². The van der Waals surface area contributed by atoms with Crippen LogP contribution in [0, 0.1) is 0 Å². The number of rotatable bonds is 4. The maximum Gasteiger partial charge on any atom is 0.367 e. The zero-order valence-corrected chi connectivity index (χ0v) is 15.5. The van der Waals surface area contributed by atoms with Crippen molar-refractivity contribution in [2.45, 2.75) is 0 Å². The summed E-state index contributed by atoms with van der Waals surface area (Å²) in [5.41, 5.74) is 5.14. The van der Waals surface area contributed by atoms with Crippen LogP contribution in [0.4, 0.5) is 0 Å². The minimum atomic E-state index is -0.832. The molecule has 0 atom stereocenters. The summed E-state index contributed by atoms with van der Waals surface area (Å²) in [5, 5.41) is 3.73. The number of benzene rings is 2. The molecule has 0 bridgehead atoms. The fourth-order valence-electron chi connectivity index (χ4n) is 2.43. The van der Waals surface area contributed by atoms with Gasteiger partial charge in [0.25, 0.3) is 5.56 Å². The smallest absolute Gasteiger partial charge is 0.367 e. The number of para-hydroxylation sites is 1. The van der Waals surface area contributed by atoms with Crippen molar-refractivity contribution in [1.82, 2.24) is 9.13 Å². The van der Waals surface area contributed by atoms with E-state index >= 15 is 0 Å². The van der Waals surface area contributed by atoms with Gasteiger partial charge < -0.3 is 10.6 Å². The third-order valence-corrected chi connectivity index (χ3v) is 4.25. The molecule has 0 aliphatic heterocycles. The Hall–Kier alpha value is -3.65. The summed E-state index contributed by atoms with van der Waals surface area (Å²) in [7, 11) is 1.32. The number of oxime groups is 1. The zero-order valence-electron chi connectivity index (χ0n) is 14.7. The largest absolute Gasteiger partial charge is 0.380 e. The van der Waals surface area contributed by atoms with Gasteiger partial charge >= 0.3 is 11.7 Å². The van der Waals surface area contributed by atoms with Gasteiger partial charge in [-0.25, -0.2) is 9.59 Å². The van der Waals surface area contributed by atoms with E-state index in [1.165, 1.54) is 29.9 Å². The van der Waals surface area contributed by atoms with Gasteiger partial charge in [-0.1, -0.05) is 47.1 Å². The second kappa shape index (κ2) is 7.93. The average molecular weight is 399 g/mol. The van der Waals surface area contributed by atoms with Crippen molar-refractivity contribution in [1.29, 1.82) is 0 Å². The van der Waals surface area contributed by atoms with Crippen LogP contribution in [0.1, 0.15) is 15.9 Å². The molecular weight excluding hydrogens is 384 g/mol. The molecule has 8 nitrogen and oxygen atoms in total. The molecule has 2 aromatic carbocycles. The molecule has 0 aliphatic rings. The molecule has 0 saturated heterocycles. The summed E-state index contributed by atoms with van der Waals surface area (Å²) in [5.74, 6) is -1.19. The van der Waals surface area contributed by atoms with Gasteiger partial charge in [-0.05, 0) is 24.3 Å². The van der Waals surface area contributed by atoms with Crippen molar-refractivity contribution in [3.05, 3.63) is 97.8 Å². The second-order valence-electron chi connectivity index (χ2n) is 5.73. The fourth-order valence-corrected chi connectivity index (χ4v) is 2.65. The van der Waals surface area contributed by atoms with E-state index in [-0.39, 0.29) is 22.0 Å². The Balaban J connectivity index is 1.99. The van der Waals surface area contributed by atoms with Crippen molar-refractivity contribution in [3.8, 4) is 5.69 Å². The van der Waals surface area contributed by atoms with E-state index in [0.717, 1.165) is 4.57 Å². The zero-order chi connectivity index (χ0) is 20.3. The molecule has 9 heteroatoms. The monoisotopic (exact) mass is 398 g/mol. The molecule has 3 aromatic rings. The summed E-state index contributed by atoms with van der Waals surface area (Å²) >= 11 is 5.93. The normalized spacial score (nSPS) is 11.3. The third kappa shape index (κ3) is 3.72. The van der Waals surface area contributed by atoms with Crippen LogP contribution in [0.15, 0.2) is 75.5 Å². The van der Waals surface area contributed by atoms with Crippen LogP contribution in [-0.4, -0.2) is 20.9 Å². The molecular formula is C19H15ClN4O4. The van der Waals surface area contributed by atoms with Gasteiger partial charge in [-0.15, -0.1) is 0 Å². The number of halogens is 1. The number of carbonyl (C=O) groups is 1. The first-order valence-corrected chi connectivity index (χ1v) is 8.45. The lowest BCUT2D eigenvalue weighted by atomic mass is 10.2. The molecule has 3 rings (SSSR count). The Morgan fingerprint density at radius 3 is 2.36 bits per heavy atom. The summed E-state index contributed by atoms with van der Waals surface area (Å²) in [6.07, 6.45) is 1.25. The predicted molar refractivity (Wildman–Crippen MR) is 105 cm³/mol. The standard InChI is InChI=1S/C19H15ClN4O4/c1-23-17(25)14(11-24(19(23)27)12-7-3-2-4-8-12)16(21)22-28-18(26)13-9-5-6-10-15(13)20/h2-11H,1H3,(H2,21,22). The van der Waals surface area contributed by atoms with Gasteiger partial charge in [-0.3, -0.25) is 13.9 Å². The molecule has 0 radical (unpaired) electrons. The SMILES string of the molecule is Cn1c(=O)c(C(N)=NOC(=O)c2ccccc2Cl)cn(-c2ccccc2)c1=O. The highest BCUT2D eigenvalue weighted by Gasteiger charge is 2.15. The maximum atomic E-state index is 12.4. The first-order chi connectivity index (χ1) is 13.4. The Bertz CT molecular complexity index is 1180. The molecule has 0 amide bonds. The maximum absolute atomic E-state index is 12.4. The highest BCUT2D eigenvalue weighted by atomic mass is 35.5. The van der Waals surface area contributed by atoms with Crippen LogP contribution in [0.3, 0.4) is 0 Å². The first-order valence-electron chi connectivity index (χ1n) is 8.08. The highest BCUT2D eigenvalue weighted by molar-refractivity contribution is 6.33. The highest BCUT2D eigenvalue weighted by Crippen LogP contribution is 2.16. The van der Waals surface area contributed by atoms with Crippen LogP contribution in [-0.2, 0) is 11.9 Å². The molecule has 0 aliphatic carbocycles. The third-order valence-electron chi connectivity index (χ3n) is 3.92. The van der Waals surface area contributed by atoms with Gasteiger partial charge in [-0.2, -0.15) is 0 Å². The van der Waals surface area contributed by atoms with Crippen LogP contribution in [0.25, 0.3) is 5.69 Å². The van der Waals surface area contributed by atoms with Gasteiger partial charge in [0, 0.05) is 13.2 Å². The number of hydrogen-bond donors (Lipinski definition) is 1. The van der Waals surface area contributed by atoms with E-state index in [9.17, 15) is 14.4 Å². The van der Waals surface area contributed by atoms with Crippen LogP contribution >= 0.6 is 11.6 Å². The Kier molecular flexibility index (Phi) is 5.42. The lowest BCUT2D eigenvalue weighted by Gasteiger charge is -2.10. The number of hydrogen-bond acceptors (Lipinski definition) is 5. The lowest BCUT2D eigenvalue weighted by Crippen LogP contribution is -2.41. The summed E-state index contributed by atoms with van der Waals surface area (Å²) in [6, 6.07) is 14.9. The molecule has 0 fully saturated rings. The van der Waals surface area contributed by atoms with Crippen molar-refractivity contribution in [3.63, 3.8) is 0 Å². The van der Waals surface area contributed by atoms with Crippen molar-refractivity contribution < 1.29 is 9.63 Å². The van der Waals surface area contributed by atoms with E-state index in [2.05, 4.69) is 5.16 Å². The van der Waals surface area contributed by atoms with E-state index in [1.807, 2.05) is 0 Å². The average Bonchev–Trinajstić information content (AvgIpc) is 2.71. The van der Waals surface area contributed by atoms with Gasteiger partial charge in [0.2, 0.25) is 0 Å². The molecule has 28 heavy (non-hydrogen) atoms. The molecule has 2 N–H and O–H groups in total. The summed E-state index contributed by atoms with van der Waals surface area (Å²) in [6.45, 7) is 0. The Morgan fingerprint density at radius 1 is 1.04 bits per heavy atom. The topological polar surface area (TPSA) is 109 Å². The number of aromatic nitrogens is 2. The number of nitrogens with zero attached hydrogens (tertiary/aromatic N) is 3. The summed E-state index contributed by atoms with van der Waals surface area (Å²) < 4.78 is 2.13. The van der Waals surface area contributed by atoms with Crippen LogP contribution in [0.2, 0.25) is 5.02 Å². The number of nitrogens with two attached hydrogens (primary N) is 1. The van der Waals surface area contributed by atoms with E-state index in [4.69, 9.17) is 22.2 Å². The number of amidine groups is 1. The van der Waals surface area contributed by atoms with Crippen LogP contribution in [0.5, 0.6) is 0 Å². The quantitative estimate of drug-likeness (QED) is 0.311. The van der Waals surface area contributed by atoms with E-state index in [0.29, 0.717) is 5.69 Å². The fraction of sp³-hybridized carbons (Fsp3) is 0.0526. The molecule has 0 spiro atoms. The minimum absolute atomic E-state index is 0.0992. The minimum Gasteiger partial charge on any atom is -0.380 e. The van der Waals surface area contributed by atoms with Gasteiger partial charge in [0.1, 0.15) is 5.56 Å². The van der Waals surface area contributed by atoms with Crippen molar-refractivity contribution in [2.24, 2.45) is 17.9 Å².